The minimum atomic E-state index is -0.719. The Morgan fingerprint density at radius 1 is 1.00 bits per heavy atom. The molecule has 1 amide bonds. The monoisotopic (exact) mass is 500 g/mol. The first-order valence-electron chi connectivity index (χ1n) is 12.1. The molecule has 3 aromatic carbocycles. The first-order valence-corrected chi connectivity index (χ1v) is 12.1. The molecule has 1 aliphatic heterocycles. The van der Waals surface area contributed by atoms with Gasteiger partial charge >= 0.3 is 0 Å². The Balaban J connectivity index is 1.64. The molecular weight excluding hydrogens is 468 g/mol. The van der Waals surface area contributed by atoms with E-state index >= 15 is 0 Å². The highest BCUT2D eigenvalue weighted by atomic mass is 16.5. The molecule has 1 saturated heterocycles. The number of anilines is 1. The number of ether oxygens (including phenoxy) is 2. The topological polar surface area (TPSA) is 79.3 Å². The van der Waals surface area contributed by atoms with Crippen LogP contribution in [0.4, 0.5) is 5.69 Å². The van der Waals surface area contributed by atoms with Crippen molar-refractivity contribution < 1.29 is 24.2 Å². The highest BCUT2D eigenvalue weighted by Crippen LogP contribution is 2.39. The standard InChI is InChI=1S/C30H32N2O5/c1-20-6-5-7-21(18-20)19-37-25-14-10-23(11-15-25)28(33)26-27(22-8-12-24(13-9-22)31(2)3)32(16-17-36-4)30(35)29(26)34/h5-15,18,27,33H,16-17,19H2,1-4H3/t27-/m0/s1. The number of aryl methyl sites for hydroxylation is 1. The molecule has 0 saturated carbocycles. The Hall–Kier alpha value is -4.10. The Morgan fingerprint density at radius 2 is 1.70 bits per heavy atom. The lowest BCUT2D eigenvalue weighted by Gasteiger charge is -2.25. The van der Waals surface area contributed by atoms with Crippen LogP contribution in [0.15, 0.2) is 78.4 Å². The SMILES string of the molecule is COCCN1C(=O)C(=O)C(=C(O)c2ccc(OCc3cccc(C)c3)cc2)[C@@H]1c1ccc(N(C)C)cc1. The predicted octanol–water partition coefficient (Wildman–Crippen LogP) is 4.71. The van der Waals surface area contributed by atoms with E-state index in [1.54, 1.807) is 31.4 Å². The number of Topliss-reactive ketones (excluding diaryl/α,β-unsaturated/α-hetero) is 1. The van der Waals surface area contributed by atoms with Gasteiger partial charge in [-0.3, -0.25) is 9.59 Å². The van der Waals surface area contributed by atoms with Crippen LogP contribution in [0, 0.1) is 6.92 Å². The summed E-state index contributed by atoms with van der Waals surface area (Å²) < 4.78 is 11.1. The summed E-state index contributed by atoms with van der Waals surface area (Å²) in [6.07, 6.45) is 0. The number of carbonyl (C=O) groups is 2. The molecule has 1 heterocycles. The molecule has 0 spiro atoms. The van der Waals surface area contributed by atoms with E-state index in [0.29, 0.717) is 17.9 Å². The van der Waals surface area contributed by atoms with E-state index < -0.39 is 17.7 Å². The summed E-state index contributed by atoms with van der Waals surface area (Å²) in [6, 6.07) is 21.8. The van der Waals surface area contributed by atoms with Crippen molar-refractivity contribution in [3.63, 3.8) is 0 Å². The third-order valence-electron chi connectivity index (χ3n) is 6.42. The van der Waals surface area contributed by atoms with Gasteiger partial charge in [0.15, 0.2) is 0 Å². The molecule has 4 rings (SSSR count). The molecule has 0 aromatic heterocycles. The van der Waals surface area contributed by atoms with E-state index in [1.165, 1.54) is 4.90 Å². The van der Waals surface area contributed by atoms with E-state index in [1.807, 2.05) is 68.4 Å². The molecule has 1 atom stereocenters. The first kappa shape index (κ1) is 26.0. The molecule has 7 nitrogen and oxygen atoms in total. The van der Waals surface area contributed by atoms with E-state index in [-0.39, 0.29) is 24.5 Å². The number of methoxy groups -OCH3 is 1. The Bertz CT molecular complexity index is 1300. The number of likely N-dealkylation sites (tertiary alicyclic amines) is 1. The second kappa shape index (κ2) is 11.3. The van der Waals surface area contributed by atoms with Gasteiger partial charge in [-0.1, -0.05) is 42.0 Å². The molecule has 1 aliphatic rings. The van der Waals surface area contributed by atoms with Crippen molar-refractivity contribution in [2.75, 3.05) is 39.3 Å². The summed E-state index contributed by atoms with van der Waals surface area (Å²) in [4.78, 5) is 29.5. The summed E-state index contributed by atoms with van der Waals surface area (Å²) in [7, 11) is 5.42. The van der Waals surface area contributed by atoms with Crippen molar-refractivity contribution in [2.45, 2.75) is 19.6 Å². The summed E-state index contributed by atoms with van der Waals surface area (Å²) in [5.74, 6) is -0.951. The summed E-state index contributed by atoms with van der Waals surface area (Å²) in [5, 5.41) is 11.3. The van der Waals surface area contributed by atoms with Gasteiger partial charge in [0.2, 0.25) is 0 Å². The number of carbonyl (C=O) groups excluding carboxylic acids is 2. The number of aliphatic hydroxyl groups excluding tert-OH is 1. The van der Waals surface area contributed by atoms with Crippen LogP contribution in [0.25, 0.3) is 5.76 Å². The third kappa shape index (κ3) is 5.67. The van der Waals surface area contributed by atoms with Gasteiger partial charge in [0, 0.05) is 39.0 Å². The van der Waals surface area contributed by atoms with Crippen molar-refractivity contribution in [3.8, 4) is 5.75 Å². The van der Waals surface area contributed by atoms with Crippen LogP contribution in [0.5, 0.6) is 5.75 Å². The molecule has 37 heavy (non-hydrogen) atoms. The zero-order valence-electron chi connectivity index (χ0n) is 21.6. The van der Waals surface area contributed by atoms with Crippen molar-refractivity contribution in [1.29, 1.82) is 0 Å². The van der Waals surface area contributed by atoms with Crippen molar-refractivity contribution >= 4 is 23.1 Å². The average molecular weight is 501 g/mol. The second-order valence-corrected chi connectivity index (χ2v) is 9.27. The molecule has 1 fully saturated rings. The number of nitrogens with zero attached hydrogens (tertiary/aromatic N) is 2. The van der Waals surface area contributed by atoms with E-state index in [0.717, 1.165) is 22.4 Å². The number of benzene rings is 3. The summed E-state index contributed by atoms with van der Waals surface area (Å²) >= 11 is 0. The number of hydrogen-bond donors (Lipinski definition) is 1. The van der Waals surface area contributed by atoms with Gasteiger partial charge in [-0.25, -0.2) is 0 Å². The molecular formula is C30H32N2O5. The summed E-state index contributed by atoms with van der Waals surface area (Å²) in [6.45, 7) is 2.94. The molecule has 0 unspecified atom stereocenters. The lowest BCUT2D eigenvalue weighted by molar-refractivity contribution is -0.140. The lowest BCUT2D eigenvalue weighted by atomic mass is 9.95. The molecule has 192 valence electrons. The zero-order valence-corrected chi connectivity index (χ0v) is 21.6. The van der Waals surface area contributed by atoms with Gasteiger partial charge < -0.3 is 24.4 Å². The first-order chi connectivity index (χ1) is 17.8. The number of rotatable bonds is 9. The second-order valence-electron chi connectivity index (χ2n) is 9.27. The van der Waals surface area contributed by atoms with Crippen LogP contribution < -0.4 is 9.64 Å². The van der Waals surface area contributed by atoms with Crippen molar-refractivity contribution in [2.24, 2.45) is 0 Å². The fraction of sp³-hybridized carbons (Fsp3) is 0.267. The highest BCUT2D eigenvalue weighted by molar-refractivity contribution is 6.46. The minimum Gasteiger partial charge on any atom is -0.507 e. The van der Waals surface area contributed by atoms with Crippen LogP contribution in [0.3, 0.4) is 0 Å². The third-order valence-corrected chi connectivity index (χ3v) is 6.42. The summed E-state index contributed by atoms with van der Waals surface area (Å²) in [5.41, 5.74) is 4.44. The Labute approximate surface area is 217 Å². The Kier molecular flexibility index (Phi) is 7.94. The fourth-order valence-corrected chi connectivity index (χ4v) is 4.43. The Morgan fingerprint density at radius 3 is 2.32 bits per heavy atom. The van der Waals surface area contributed by atoms with Gasteiger partial charge in [-0.15, -0.1) is 0 Å². The normalized spacial score (nSPS) is 16.8. The van der Waals surface area contributed by atoms with Gasteiger partial charge in [0.1, 0.15) is 18.1 Å². The fourth-order valence-electron chi connectivity index (χ4n) is 4.43. The van der Waals surface area contributed by atoms with Crippen LogP contribution in [0.2, 0.25) is 0 Å². The van der Waals surface area contributed by atoms with Gasteiger partial charge in [0.25, 0.3) is 11.7 Å². The average Bonchev–Trinajstić information content (AvgIpc) is 3.15. The maximum absolute atomic E-state index is 13.1. The maximum Gasteiger partial charge on any atom is 0.295 e. The largest absolute Gasteiger partial charge is 0.507 e. The molecule has 1 N–H and O–H groups in total. The van der Waals surface area contributed by atoms with Gasteiger partial charge in [0.05, 0.1) is 18.2 Å². The molecule has 0 bridgehead atoms. The number of amides is 1. The molecule has 3 aromatic rings. The van der Waals surface area contributed by atoms with Crippen molar-refractivity contribution in [1.82, 2.24) is 4.90 Å². The zero-order chi connectivity index (χ0) is 26.5. The van der Waals surface area contributed by atoms with Crippen LogP contribution >= 0.6 is 0 Å². The smallest absolute Gasteiger partial charge is 0.295 e. The van der Waals surface area contributed by atoms with Crippen LogP contribution in [-0.2, 0) is 20.9 Å². The van der Waals surface area contributed by atoms with Crippen molar-refractivity contribution in [3.05, 3.63) is 101 Å². The van der Waals surface area contributed by atoms with Crippen LogP contribution in [0.1, 0.15) is 28.3 Å². The number of hydrogen-bond acceptors (Lipinski definition) is 6. The van der Waals surface area contributed by atoms with Crippen LogP contribution in [-0.4, -0.2) is 56.1 Å². The predicted molar refractivity (Wildman–Crippen MR) is 144 cm³/mol. The number of aliphatic hydroxyl groups is 1. The number of ketones is 1. The van der Waals surface area contributed by atoms with E-state index in [2.05, 4.69) is 6.07 Å². The lowest BCUT2D eigenvalue weighted by Crippen LogP contribution is -2.32. The molecule has 0 aliphatic carbocycles. The minimum absolute atomic E-state index is 0.0622. The van der Waals surface area contributed by atoms with Gasteiger partial charge in [-0.2, -0.15) is 0 Å². The molecule has 7 heteroatoms. The van der Waals surface area contributed by atoms with Gasteiger partial charge in [-0.05, 0) is 54.4 Å². The molecule has 0 radical (unpaired) electrons. The van der Waals surface area contributed by atoms with E-state index in [4.69, 9.17) is 9.47 Å². The van der Waals surface area contributed by atoms with E-state index in [9.17, 15) is 14.7 Å². The maximum atomic E-state index is 13.1. The quantitative estimate of drug-likeness (QED) is 0.261. The highest BCUT2D eigenvalue weighted by Gasteiger charge is 2.45.